The second kappa shape index (κ2) is 5.40. The van der Waals surface area contributed by atoms with E-state index in [1.165, 1.54) is 6.26 Å². The van der Waals surface area contributed by atoms with Crippen molar-refractivity contribution in [3.63, 3.8) is 0 Å². The van der Waals surface area contributed by atoms with Gasteiger partial charge in [0, 0.05) is 5.56 Å². The van der Waals surface area contributed by atoms with Crippen molar-refractivity contribution in [2.45, 2.75) is 6.92 Å². The summed E-state index contributed by atoms with van der Waals surface area (Å²) in [6.45, 7) is 2.37. The Balaban J connectivity index is 2.21. The van der Waals surface area contributed by atoms with Crippen LogP contribution in [0.4, 0.5) is 0 Å². The molecule has 0 saturated carbocycles. The summed E-state index contributed by atoms with van der Waals surface area (Å²) in [5.74, 6) is 0.886. The van der Waals surface area contributed by atoms with E-state index in [0.717, 1.165) is 11.3 Å². The Morgan fingerprint density at radius 3 is 2.61 bits per heavy atom. The molecule has 1 aromatic rings. The predicted molar refractivity (Wildman–Crippen MR) is 66.8 cm³/mol. The number of esters is 1. The molecule has 1 aliphatic rings. The van der Waals surface area contributed by atoms with Crippen molar-refractivity contribution in [3.8, 4) is 5.75 Å². The minimum atomic E-state index is -0.394. The van der Waals surface area contributed by atoms with E-state index in [1.54, 1.807) is 13.2 Å². The van der Waals surface area contributed by atoms with Crippen LogP contribution in [0.3, 0.4) is 0 Å². The maximum absolute atomic E-state index is 11.5. The standard InChI is InChI=1S/C14H14O4/c1-3-17-9-11-8-13(18-14(11)15)10-4-6-12(16-2)7-5-10/h4-9H,3H2,1-2H3. The molecular weight excluding hydrogens is 232 g/mol. The van der Waals surface area contributed by atoms with Crippen LogP contribution in [0, 0.1) is 0 Å². The summed E-state index contributed by atoms with van der Waals surface area (Å²) >= 11 is 0. The molecule has 0 unspecified atom stereocenters. The summed E-state index contributed by atoms with van der Waals surface area (Å²) in [5, 5.41) is 0. The summed E-state index contributed by atoms with van der Waals surface area (Å²) < 4.78 is 15.3. The van der Waals surface area contributed by atoms with Gasteiger partial charge in [0.25, 0.3) is 0 Å². The fourth-order valence-electron chi connectivity index (χ4n) is 1.54. The SMILES string of the molecule is CCOC=C1C=C(c2ccc(OC)cc2)OC1=O. The van der Waals surface area contributed by atoms with Gasteiger partial charge in [-0.2, -0.15) is 0 Å². The van der Waals surface area contributed by atoms with Gasteiger partial charge in [0.1, 0.15) is 11.5 Å². The van der Waals surface area contributed by atoms with Crippen molar-refractivity contribution in [2.75, 3.05) is 13.7 Å². The summed E-state index contributed by atoms with van der Waals surface area (Å²) in [6.07, 6.45) is 3.08. The highest BCUT2D eigenvalue weighted by Crippen LogP contribution is 2.27. The lowest BCUT2D eigenvalue weighted by Crippen LogP contribution is -1.98. The number of benzene rings is 1. The van der Waals surface area contributed by atoms with Crippen LogP contribution in [-0.4, -0.2) is 19.7 Å². The highest BCUT2D eigenvalue weighted by Gasteiger charge is 2.22. The van der Waals surface area contributed by atoms with Gasteiger partial charge in [-0.05, 0) is 37.3 Å². The number of rotatable bonds is 4. The minimum absolute atomic E-state index is 0.394. The van der Waals surface area contributed by atoms with Gasteiger partial charge >= 0.3 is 5.97 Å². The van der Waals surface area contributed by atoms with Crippen LogP contribution >= 0.6 is 0 Å². The molecule has 2 rings (SSSR count). The third-order valence-corrected chi connectivity index (χ3v) is 2.48. The minimum Gasteiger partial charge on any atom is -0.501 e. The normalized spacial score (nSPS) is 16.4. The maximum atomic E-state index is 11.5. The van der Waals surface area contributed by atoms with Gasteiger partial charge in [-0.15, -0.1) is 0 Å². The Morgan fingerprint density at radius 2 is 2.00 bits per heavy atom. The fraction of sp³-hybridized carbons (Fsp3) is 0.214. The molecule has 94 valence electrons. The average molecular weight is 246 g/mol. The van der Waals surface area contributed by atoms with E-state index in [1.807, 2.05) is 31.2 Å². The Morgan fingerprint density at radius 1 is 1.28 bits per heavy atom. The van der Waals surface area contributed by atoms with Gasteiger partial charge in [-0.25, -0.2) is 4.79 Å². The van der Waals surface area contributed by atoms with Crippen molar-refractivity contribution in [1.82, 2.24) is 0 Å². The molecule has 0 radical (unpaired) electrons. The fourth-order valence-corrected chi connectivity index (χ4v) is 1.54. The zero-order chi connectivity index (χ0) is 13.0. The first-order chi connectivity index (χ1) is 8.74. The van der Waals surface area contributed by atoms with Gasteiger partial charge in [0.05, 0.1) is 25.6 Å². The number of hydrogen-bond donors (Lipinski definition) is 0. The van der Waals surface area contributed by atoms with Crippen LogP contribution in [0.1, 0.15) is 12.5 Å². The zero-order valence-corrected chi connectivity index (χ0v) is 10.3. The molecular formula is C14H14O4. The first-order valence-electron chi connectivity index (χ1n) is 5.64. The Kier molecular flexibility index (Phi) is 3.67. The number of ether oxygens (including phenoxy) is 3. The van der Waals surface area contributed by atoms with E-state index < -0.39 is 5.97 Å². The molecule has 0 atom stereocenters. The Labute approximate surface area is 105 Å². The first-order valence-corrected chi connectivity index (χ1v) is 5.64. The number of methoxy groups -OCH3 is 1. The first kappa shape index (κ1) is 12.2. The van der Waals surface area contributed by atoms with Crippen molar-refractivity contribution < 1.29 is 19.0 Å². The number of carbonyl (C=O) groups excluding carboxylic acids is 1. The van der Waals surface area contributed by atoms with Gasteiger partial charge in [-0.3, -0.25) is 0 Å². The quantitative estimate of drug-likeness (QED) is 0.465. The average Bonchev–Trinajstić information content (AvgIpc) is 2.78. The summed E-state index contributed by atoms with van der Waals surface area (Å²) in [4.78, 5) is 11.5. The molecule has 1 aromatic carbocycles. The van der Waals surface area contributed by atoms with E-state index in [4.69, 9.17) is 14.2 Å². The molecule has 0 amide bonds. The highest BCUT2D eigenvalue weighted by molar-refractivity contribution is 6.01. The van der Waals surface area contributed by atoms with Crippen LogP contribution in [0.15, 0.2) is 42.2 Å². The molecule has 0 aliphatic carbocycles. The van der Waals surface area contributed by atoms with Crippen molar-refractivity contribution in [3.05, 3.63) is 47.7 Å². The highest BCUT2D eigenvalue weighted by atomic mass is 16.5. The molecule has 4 nitrogen and oxygen atoms in total. The molecule has 0 bridgehead atoms. The smallest absolute Gasteiger partial charge is 0.346 e. The van der Waals surface area contributed by atoms with E-state index in [0.29, 0.717) is 17.9 Å². The molecule has 0 aromatic heterocycles. The van der Waals surface area contributed by atoms with E-state index >= 15 is 0 Å². The lowest BCUT2D eigenvalue weighted by molar-refractivity contribution is -0.131. The van der Waals surface area contributed by atoms with Crippen molar-refractivity contribution >= 4 is 11.7 Å². The lowest BCUT2D eigenvalue weighted by atomic mass is 10.1. The van der Waals surface area contributed by atoms with E-state index in [-0.39, 0.29) is 0 Å². The Bertz CT molecular complexity index is 497. The van der Waals surface area contributed by atoms with Crippen LogP contribution < -0.4 is 4.74 Å². The van der Waals surface area contributed by atoms with Gasteiger partial charge in [-0.1, -0.05) is 0 Å². The molecule has 4 heteroatoms. The van der Waals surface area contributed by atoms with Crippen molar-refractivity contribution in [2.24, 2.45) is 0 Å². The summed E-state index contributed by atoms with van der Waals surface area (Å²) in [7, 11) is 1.60. The third kappa shape index (κ3) is 2.53. The number of carbonyl (C=O) groups is 1. The molecule has 1 aliphatic heterocycles. The van der Waals surface area contributed by atoms with E-state index in [2.05, 4.69) is 0 Å². The largest absolute Gasteiger partial charge is 0.501 e. The van der Waals surface area contributed by atoms with Gasteiger partial charge in [0.15, 0.2) is 0 Å². The van der Waals surface area contributed by atoms with Crippen molar-refractivity contribution in [1.29, 1.82) is 0 Å². The van der Waals surface area contributed by atoms with Crippen LogP contribution in [0.5, 0.6) is 5.75 Å². The monoisotopic (exact) mass is 246 g/mol. The van der Waals surface area contributed by atoms with E-state index in [9.17, 15) is 4.79 Å². The number of hydrogen-bond acceptors (Lipinski definition) is 4. The van der Waals surface area contributed by atoms with Crippen LogP contribution in [-0.2, 0) is 14.3 Å². The maximum Gasteiger partial charge on any atom is 0.346 e. The van der Waals surface area contributed by atoms with Crippen LogP contribution in [0.2, 0.25) is 0 Å². The van der Waals surface area contributed by atoms with Gasteiger partial charge < -0.3 is 14.2 Å². The third-order valence-electron chi connectivity index (χ3n) is 2.48. The second-order valence-electron chi connectivity index (χ2n) is 3.66. The lowest BCUT2D eigenvalue weighted by Gasteiger charge is -2.03. The zero-order valence-electron chi connectivity index (χ0n) is 10.3. The summed E-state index contributed by atoms with van der Waals surface area (Å²) in [5.41, 5.74) is 1.24. The summed E-state index contributed by atoms with van der Waals surface area (Å²) in [6, 6.07) is 7.30. The van der Waals surface area contributed by atoms with Crippen LogP contribution in [0.25, 0.3) is 5.76 Å². The predicted octanol–water partition coefficient (Wildman–Crippen LogP) is 2.51. The topological polar surface area (TPSA) is 44.8 Å². The van der Waals surface area contributed by atoms with Gasteiger partial charge in [0.2, 0.25) is 0 Å². The molecule has 0 saturated heterocycles. The molecule has 1 heterocycles. The number of cyclic esters (lactones) is 1. The second-order valence-corrected chi connectivity index (χ2v) is 3.66. The molecule has 18 heavy (non-hydrogen) atoms. The molecule has 0 N–H and O–H groups in total. The Hall–Kier alpha value is -2.23. The molecule has 0 fully saturated rings. The molecule has 0 spiro atoms.